The van der Waals surface area contributed by atoms with Gasteiger partial charge < -0.3 is 14.6 Å². The number of oxazole rings is 1. The molecule has 0 bridgehead atoms. The third-order valence-electron chi connectivity index (χ3n) is 3.23. The average Bonchev–Trinajstić information content (AvgIpc) is 3.16. The van der Waals surface area contributed by atoms with Crippen molar-refractivity contribution >= 4 is 22.9 Å². The SMILES string of the molecule is O=C(CN1CCSC1=O)NCc1ncc(-c2ccccc2)o1. The molecule has 1 aromatic carbocycles. The van der Waals surface area contributed by atoms with E-state index in [2.05, 4.69) is 10.3 Å². The van der Waals surface area contributed by atoms with Gasteiger partial charge in [0.05, 0.1) is 12.7 Å². The van der Waals surface area contributed by atoms with Gasteiger partial charge in [-0.05, 0) is 0 Å². The minimum Gasteiger partial charge on any atom is -0.439 e. The summed E-state index contributed by atoms with van der Waals surface area (Å²) in [6.45, 7) is 0.910. The number of amides is 2. The Balaban J connectivity index is 1.52. The molecule has 1 saturated heterocycles. The number of aromatic nitrogens is 1. The molecular weight excluding hydrogens is 302 g/mol. The van der Waals surface area contributed by atoms with Crippen LogP contribution in [0.25, 0.3) is 11.3 Å². The lowest BCUT2D eigenvalue weighted by molar-refractivity contribution is -0.121. The maximum atomic E-state index is 11.8. The molecule has 7 heteroatoms. The lowest BCUT2D eigenvalue weighted by Crippen LogP contribution is -2.37. The fourth-order valence-electron chi connectivity index (χ4n) is 2.10. The molecule has 1 aromatic heterocycles. The molecule has 0 unspecified atom stereocenters. The second kappa shape index (κ2) is 6.65. The van der Waals surface area contributed by atoms with E-state index in [1.54, 1.807) is 6.20 Å². The van der Waals surface area contributed by atoms with Crippen LogP contribution < -0.4 is 5.32 Å². The molecule has 1 N–H and O–H groups in total. The third-order valence-corrected chi connectivity index (χ3v) is 4.12. The fourth-order valence-corrected chi connectivity index (χ4v) is 2.93. The topological polar surface area (TPSA) is 75.4 Å². The van der Waals surface area contributed by atoms with Gasteiger partial charge in [-0.2, -0.15) is 0 Å². The van der Waals surface area contributed by atoms with E-state index in [1.165, 1.54) is 16.7 Å². The molecule has 1 aliphatic heterocycles. The van der Waals surface area contributed by atoms with Gasteiger partial charge in [-0.1, -0.05) is 42.1 Å². The first-order valence-corrected chi connectivity index (χ1v) is 7.89. The van der Waals surface area contributed by atoms with Crippen molar-refractivity contribution in [3.05, 3.63) is 42.4 Å². The molecular formula is C15H15N3O3S. The van der Waals surface area contributed by atoms with E-state index in [9.17, 15) is 9.59 Å². The Labute approximate surface area is 131 Å². The van der Waals surface area contributed by atoms with Crippen LogP contribution >= 0.6 is 11.8 Å². The van der Waals surface area contributed by atoms with Crippen LogP contribution in [0.5, 0.6) is 0 Å². The van der Waals surface area contributed by atoms with E-state index in [1.807, 2.05) is 30.3 Å². The van der Waals surface area contributed by atoms with Crippen molar-refractivity contribution in [3.63, 3.8) is 0 Å². The predicted octanol–water partition coefficient (Wildman–Crippen LogP) is 2.13. The zero-order chi connectivity index (χ0) is 15.4. The largest absolute Gasteiger partial charge is 0.439 e. The quantitative estimate of drug-likeness (QED) is 0.914. The molecule has 0 saturated carbocycles. The summed E-state index contributed by atoms with van der Waals surface area (Å²) in [6, 6.07) is 9.63. The molecule has 0 radical (unpaired) electrons. The summed E-state index contributed by atoms with van der Waals surface area (Å²) in [7, 11) is 0. The summed E-state index contributed by atoms with van der Waals surface area (Å²) in [5.41, 5.74) is 0.937. The Hall–Kier alpha value is -2.28. The highest BCUT2D eigenvalue weighted by Gasteiger charge is 2.23. The molecule has 0 atom stereocenters. The number of carbonyl (C=O) groups is 2. The minimum absolute atomic E-state index is 0.0439. The number of thioether (sulfide) groups is 1. The maximum Gasteiger partial charge on any atom is 0.282 e. The Morgan fingerprint density at radius 1 is 1.36 bits per heavy atom. The van der Waals surface area contributed by atoms with Crippen molar-refractivity contribution in [1.82, 2.24) is 15.2 Å². The van der Waals surface area contributed by atoms with E-state index in [0.29, 0.717) is 18.2 Å². The van der Waals surface area contributed by atoms with Crippen molar-refractivity contribution in [1.29, 1.82) is 0 Å². The van der Waals surface area contributed by atoms with Gasteiger partial charge in [0.1, 0.15) is 6.54 Å². The summed E-state index contributed by atoms with van der Waals surface area (Å²) < 4.78 is 5.60. The highest BCUT2D eigenvalue weighted by Crippen LogP contribution is 2.19. The van der Waals surface area contributed by atoms with E-state index < -0.39 is 0 Å². The second-order valence-electron chi connectivity index (χ2n) is 4.80. The van der Waals surface area contributed by atoms with Crippen LogP contribution in [0.3, 0.4) is 0 Å². The lowest BCUT2D eigenvalue weighted by atomic mass is 10.2. The predicted molar refractivity (Wildman–Crippen MR) is 83.2 cm³/mol. The third kappa shape index (κ3) is 3.48. The van der Waals surface area contributed by atoms with Gasteiger partial charge in [0.25, 0.3) is 5.24 Å². The van der Waals surface area contributed by atoms with Gasteiger partial charge in [0, 0.05) is 17.9 Å². The zero-order valence-electron chi connectivity index (χ0n) is 11.8. The Morgan fingerprint density at radius 3 is 2.91 bits per heavy atom. The molecule has 1 fully saturated rings. The van der Waals surface area contributed by atoms with E-state index in [0.717, 1.165) is 11.3 Å². The molecule has 2 amide bonds. The number of hydrogen-bond acceptors (Lipinski definition) is 5. The first-order valence-electron chi connectivity index (χ1n) is 6.91. The zero-order valence-corrected chi connectivity index (χ0v) is 12.6. The highest BCUT2D eigenvalue weighted by molar-refractivity contribution is 8.13. The highest BCUT2D eigenvalue weighted by atomic mass is 32.2. The first kappa shape index (κ1) is 14.6. The first-order chi connectivity index (χ1) is 10.7. The summed E-state index contributed by atoms with van der Waals surface area (Å²) in [6.07, 6.45) is 1.64. The van der Waals surface area contributed by atoms with Crippen LogP contribution in [0.4, 0.5) is 4.79 Å². The summed E-state index contributed by atoms with van der Waals surface area (Å²) in [5.74, 6) is 1.63. The second-order valence-corrected chi connectivity index (χ2v) is 5.84. The van der Waals surface area contributed by atoms with Crippen LogP contribution in [0.15, 0.2) is 40.9 Å². The monoisotopic (exact) mass is 317 g/mol. The lowest BCUT2D eigenvalue weighted by Gasteiger charge is -2.13. The van der Waals surface area contributed by atoms with Crippen molar-refractivity contribution in [3.8, 4) is 11.3 Å². The molecule has 22 heavy (non-hydrogen) atoms. The van der Waals surface area contributed by atoms with Gasteiger partial charge in [0.15, 0.2) is 5.76 Å². The molecule has 0 aliphatic carbocycles. The normalized spacial score (nSPS) is 14.4. The van der Waals surface area contributed by atoms with Crippen LogP contribution in [-0.4, -0.2) is 39.9 Å². The van der Waals surface area contributed by atoms with Gasteiger partial charge in [-0.3, -0.25) is 9.59 Å². The molecule has 0 spiro atoms. The standard InChI is InChI=1S/C15H15N3O3S/c19-13(10-18-6-7-22-15(18)20)16-9-14-17-8-12(21-14)11-4-2-1-3-5-11/h1-5,8H,6-7,9-10H2,(H,16,19). The molecule has 114 valence electrons. The van der Waals surface area contributed by atoms with Crippen LogP contribution in [0.1, 0.15) is 5.89 Å². The summed E-state index contributed by atoms with van der Waals surface area (Å²) in [4.78, 5) is 28.9. The van der Waals surface area contributed by atoms with Crippen LogP contribution in [0, 0.1) is 0 Å². The molecule has 6 nitrogen and oxygen atoms in total. The maximum absolute atomic E-state index is 11.8. The number of nitrogens with zero attached hydrogens (tertiary/aromatic N) is 2. The van der Waals surface area contributed by atoms with Crippen LogP contribution in [0.2, 0.25) is 0 Å². The number of carbonyl (C=O) groups excluding carboxylic acids is 2. The fraction of sp³-hybridized carbons (Fsp3) is 0.267. The Bertz CT molecular complexity index is 672. The summed E-state index contributed by atoms with van der Waals surface area (Å²) in [5, 5.41) is 2.67. The minimum atomic E-state index is -0.213. The van der Waals surface area contributed by atoms with Gasteiger partial charge in [-0.25, -0.2) is 4.98 Å². The van der Waals surface area contributed by atoms with Gasteiger partial charge >= 0.3 is 0 Å². The molecule has 2 aromatic rings. The van der Waals surface area contributed by atoms with Crippen LogP contribution in [-0.2, 0) is 11.3 Å². The smallest absolute Gasteiger partial charge is 0.282 e. The van der Waals surface area contributed by atoms with Gasteiger partial charge in [0.2, 0.25) is 11.8 Å². The molecule has 3 rings (SSSR count). The Morgan fingerprint density at radius 2 is 2.18 bits per heavy atom. The summed E-state index contributed by atoms with van der Waals surface area (Å²) >= 11 is 1.24. The van der Waals surface area contributed by atoms with Crippen molar-refractivity contribution in [2.45, 2.75) is 6.54 Å². The molecule has 2 heterocycles. The van der Waals surface area contributed by atoms with Crippen molar-refractivity contribution in [2.24, 2.45) is 0 Å². The Kier molecular flexibility index (Phi) is 4.43. The number of hydrogen-bond donors (Lipinski definition) is 1. The molecule has 1 aliphatic rings. The van der Waals surface area contributed by atoms with E-state index in [4.69, 9.17) is 4.42 Å². The van der Waals surface area contributed by atoms with Crippen molar-refractivity contribution in [2.75, 3.05) is 18.8 Å². The number of benzene rings is 1. The number of rotatable bonds is 5. The number of nitrogens with one attached hydrogen (secondary N) is 1. The van der Waals surface area contributed by atoms with E-state index in [-0.39, 0.29) is 24.2 Å². The van der Waals surface area contributed by atoms with Gasteiger partial charge in [-0.15, -0.1) is 0 Å². The van der Waals surface area contributed by atoms with E-state index >= 15 is 0 Å². The average molecular weight is 317 g/mol. The van der Waals surface area contributed by atoms with Crippen molar-refractivity contribution < 1.29 is 14.0 Å².